The molecule has 0 saturated carbocycles. The molecule has 1 aromatic heterocycles. The summed E-state index contributed by atoms with van der Waals surface area (Å²) in [6.07, 6.45) is 0.427. The lowest BCUT2D eigenvalue weighted by Gasteiger charge is -2.36. The topological polar surface area (TPSA) is 52.2 Å². The number of hydrogen-bond donors (Lipinski definition) is 1. The first-order chi connectivity index (χ1) is 12.6. The number of aryl methyl sites for hydroxylation is 1. The van der Waals surface area contributed by atoms with Crippen molar-refractivity contribution in [2.24, 2.45) is 0 Å². The van der Waals surface area contributed by atoms with Gasteiger partial charge in [-0.25, -0.2) is 4.98 Å². The first-order valence-corrected chi connectivity index (χ1v) is 9.20. The molecule has 4 rings (SSSR count). The Labute approximate surface area is 157 Å². The molecule has 1 amide bonds. The highest BCUT2D eigenvalue weighted by Gasteiger charge is 2.21. The van der Waals surface area contributed by atoms with Crippen molar-refractivity contribution in [3.05, 3.63) is 58.9 Å². The van der Waals surface area contributed by atoms with Gasteiger partial charge in [0.05, 0.1) is 17.5 Å². The second-order valence-electron chi connectivity index (χ2n) is 6.69. The number of nitrogens with one attached hydrogen (secondary N) is 1. The first kappa shape index (κ1) is 16.9. The fourth-order valence-corrected chi connectivity index (χ4v) is 3.55. The van der Waals surface area contributed by atoms with Crippen molar-refractivity contribution < 1.29 is 4.79 Å². The lowest BCUT2D eigenvalue weighted by molar-refractivity contribution is -0.130. The van der Waals surface area contributed by atoms with E-state index in [9.17, 15) is 4.79 Å². The average molecular weight is 369 g/mol. The molecular weight excluding hydrogens is 348 g/mol. The summed E-state index contributed by atoms with van der Waals surface area (Å²) in [5.74, 6) is 1.10. The quantitative estimate of drug-likeness (QED) is 0.770. The molecule has 2 heterocycles. The minimum Gasteiger partial charge on any atom is -0.368 e. The van der Waals surface area contributed by atoms with E-state index in [1.165, 1.54) is 5.69 Å². The SMILES string of the molecule is Cc1nc2ccc(N3CCN(C(=O)Cc4ccc(Cl)cc4)CC3)cc2[nH]1. The van der Waals surface area contributed by atoms with Gasteiger partial charge in [-0.15, -0.1) is 0 Å². The number of carbonyl (C=O) groups is 1. The number of rotatable bonds is 3. The largest absolute Gasteiger partial charge is 0.368 e. The number of piperazine rings is 1. The molecular formula is C20H21ClN4O. The maximum Gasteiger partial charge on any atom is 0.227 e. The number of halogens is 1. The molecule has 1 aliphatic rings. The summed E-state index contributed by atoms with van der Waals surface area (Å²) in [7, 11) is 0. The Balaban J connectivity index is 1.38. The van der Waals surface area contributed by atoms with Gasteiger partial charge in [0.2, 0.25) is 5.91 Å². The fourth-order valence-electron chi connectivity index (χ4n) is 3.42. The van der Waals surface area contributed by atoms with Crippen LogP contribution in [0.15, 0.2) is 42.5 Å². The van der Waals surface area contributed by atoms with E-state index in [-0.39, 0.29) is 5.91 Å². The van der Waals surface area contributed by atoms with E-state index in [0.29, 0.717) is 11.4 Å². The number of nitrogens with zero attached hydrogens (tertiary/aromatic N) is 3. The lowest BCUT2D eigenvalue weighted by Crippen LogP contribution is -2.49. The number of aromatic nitrogens is 2. The van der Waals surface area contributed by atoms with Crippen molar-refractivity contribution in [2.45, 2.75) is 13.3 Å². The van der Waals surface area contributed by atoms with Gasteiger partial charge in [-0.2, -0.15) is 0 Å². The van der Waals surface area contributed by atoms with Crippen LogP contribution in [0.5, 0.6) is 0 Å². The Morgan fingerprint density at radius 3 is 2.58 bits per heavy atom. The number of carbonyl (C=O) groups excluding carboxylic acids is 1. The predicted molar refractivity (Wildman–Crippen MR) is 105 cm³/mol. The molecule has 0 bridgehead atoms. The zero-order chi connectivity index (χ0) is 18.1. The zero-order valence-electron chi connectivity index (χ0n) is 14.7. The molecule has 0 spiro atoms. The van der Waals surface area contributed by atoms with E-state index in [4.69, 9.17) is 11.6 Å². The van der Waals surface area contributed by atoms with Crippen molar-refractivity contribution in [3.8, 4) is 0 Å². The molecule has 2 aromatic carbocycles. The second-order valence-corrected chi connectivity index (χ2v) is 7.13. The summed E-state index contributed by atoms with van der Waals surface area (Å²) in [5, 5.41) is 0.694. The molecule has 3 aromatic rings. The summed E-state index contributed by atoms with van der Waals surface area (Å²) in [6.45, 7) is 5.12. The van der Waals surface area contributed by atoms with E-state index >= 15 is 0 Å². The minimum atomic E-state index is 0.173. The Kier molecular flexibility index (Phi) is 4.55. The maximum atomic E-state index is 12.5. The highest BCUT2D eigenvalue weighted by atomic mass is 35.5. The summed E-state index contributed by atoms with van der Waals surface area (Å²) >= 11 is 5.90. The number of amides is 1. The van der Waals surface area contributed by atoms with Crippen LogP contribution in [0.25, 0.3) is 11.0 Å². The third kappa shape index (κ3) is 3.53. The van der Waals surface area contributed by atoms with Crippen LogP contribution in [0.4, 0.5) is 5.69 Å². The van der Waals surface area contributed by atoms with Crippen LogP contribution in [0.3, 0.4) is 0 Å². The van der Waals surface area contributed by atoms with Gasteiger partial charge in [0.15, 0.2) is 0 Å². The monoisotopic (exact) mass is 368 g/mol. The number of aromatic amines is 1. The van der Waals surface area contributed by atoms with Gasteiger partial charge in [0.1, 0.15) is 5.82 Å². The van der Waals surface area contributed by atoms with Crippen LogP contribution >= 0.6 is 11.6 Å². The van der Waals surface area contributed by atoms with E-state index in [1.807, 2.05) is 42.2 Å². The highest BCUT2D eigenvalue weighted by molar-refractivity contribution is 6.30. The summed E-state index contributed by atoms with van der Waals surface area (Å²) in [6, 6.07) is 13.8. The number of benzene rings is 2. The van der Waals surface area contributed by atoms with E-state index in [2.05, 4.69) is 27.0 Å². The minimum absolute atomic E-state index is 0.173. The average Bonchev–Trinajstić information content (AvgIpc) is 3.03. The van der Waals surface area contributed by atoms with E-state index in [0.717, 1.165) is 48.6 Å². The molecule has 1 fully saturated rings. The Morgan fingerprint density at radius 1 is 1.12 bits per heavy atom. The number of fused-ring (bicyclic) bond motifs is 1. The molecule has 134 valence electrons. The van der Waals surface area contributed by atoms with Crippen molar-refractivity contribution in [3.63, 3.8) is 0 Å². The van der Waals surface area contributed by atoms with Gasteiger partial charge >= 0.3 is 0 Å². The van der Waals surface area contributed by atoms with Gasteiger partial charge in [-0.3, -0.25) is 4.79 Å². The molecule has 5 nitrogen and oxygen atoms in total. The van der Waals surface area contributed by atoms with Crippen LogP contribution in [-0.4, -0.2) is 47.0 Å². The standard InChI is InChI=1S/C20H21ClN4O/c1-14-22-18-7-6-17(13-19(18)23-14)24-8-10-25(11-9-24)20(26)12-15-2-4-16(21)5-3-15/h2-7,13H,8-12H2,1H3,(H,22,23). The summed E-state index contributed by atoms with van der Waals surface area (Å²) < 4.78 is 0. The molecule has 1 N–H and O–H groups in total. The van der Waals surface area contributed by atoms with Crippen molar-refractivity contribution in [1.29, 1.82) is 0 Å². The molecule has 0 atom stereocenters. The number of H-pyrrole nitrogens is 1. The predicted octanol–water partition coefficient (Wildman–Crippen LogP) is 3.42. The zero-order valence-corrected chi connectivity index (χ0v) is 15.5. The smallest absolute Gasteiger partial charge is 0.227 e. The van der Waals surface area contributed by atoms with Crippen molar-refractivity contribution in [1.82, 2.24) is 14.9 Å². The fraction of sp³-hybridized carbons (Fsp3) is 0.300. The molecule has 1 aliphatic heterocycles. The normalized spacial score (nSPS) is 14.8. The van der Waals surface area contributed by atoms with E-state index < -0.39 is 0 Å². The molecule has 6 heteroatoms. The second kappa shape index (κ2) is 7.00. The molecule has 0 radical (unpaired) electrons. The van der Waals surface area contributed by atoms with Gasteiger partial charge in [0.25, 0.3) is 0 Å². The maximum absolute atomic E-state index is 12.5. The molecule has 0 unspecified atom stereocenters. The van der Waals surface area contributed by atoms with Crippen molar-refractivity contribution in [2.75, 3.05) is 31.1 Å². The Morgan fingerprint density at radius 2 is 1.85 bits per heavy atom. The molecule has 1 saturated heterocycles. The first-order valence-electron chi connectivity index (χ1n) is 8.82. The highest BCUT2D eigenvalue weighted by Crippen LogP contribution is 2.22. The number of imidazole rings is 1. The Hall–Kier alpha value is -2.53. The lowest BCUT2D eigenvalue weighted by atomic mass is 10.1. The Bertz CT molecular complexity index is 927. The summed E-state index contributed by atoms with van der Waals surface area (Å²) in [4.78, 5) is 24.5. The van der Waals surface area contributed by atoms with Gasteiger partial charge in [0, 0.05) is 36.9 Å². The number of hydrogen-bond acceptors (Lipinski definition) is 3. The molecule has 0 aliphatic carbocycles. The third-order valence-electron chi connectivity index (χ3n) is 4.85. The van der Waals surface area contributed by atoms with Crippen LogP contribution in [-0.2, 0) is 11.2 Å². The van der Waals surface area contributed by atoms with Crippen LogP contribution < -0.4 is 4.90 Å². The molecule has 26 heavy (non-hydrogen) atoms. The van der Waals surface area contributed by atoms with Crippen LogP contribution in [0.1, 0.15) is 11.4 Å². The van der Waals surface area contributed by atoms with Gasteiger partial charge < -0.3 is 14.8 Å². The number of anilines is 1. The summed E-state index contributed by atoms with van der Waals surface area (Å²) in [5.41, 5.74) is 4.22. The van der Waals surface area contributed by atoms with Gasteiger partial charge in [-0.05, 0) is 42.8 Å². The van der Waals surface area contributed by atoms with Crippen molar-refractivity contribution >= 4 is 34.2 Å². The third-order valence-corrected chi connectivity index (χ3v) is 5.10. The van der Waals surface area contributed by atoms with Crippen LogP contribution in [0.2, 0.25) is 5.02 Å². The van der Waals surface area contributed by atoms with E-state index in [1.54, 1.807) is 0 Å². The van der Waals surface area contributed by atoms with Crippen LogP contribution in [0, 0.1) is 6.92 Å². The van der Waals surface area contributed by atoms with Gasteiger partial charge in [-0.1, -0.05) is 23.7 Å².